The molecule has 0 saturated carbocycles. The molecule has 164 valence electrons. The van der Waals surface area contributed by atoms with Crippen LogP contribution in [-0.2, 0) is 9.47 Å². The van der Waals surface area contributed by atoms with E-state index < -0.39 is 13.4 Å². The summed E-state index contributed by atoms with van der Waals surface area (Å²) in [7, 11) is -0.536. The molecule has 1 aliphatic rings. The lowest BCUT2D eigenvalue weighted by Crippen LogP contribution is -2.40. The maximum Gasteiger partial charge on any atom is 0.414 e. The first-order valence-corrected chi connectivity index (χ1v) is 12.5. The molecule has 1 fully saturated rings. The van der Waals surface area contributed by atoms with Gasteiger partial charge in [-0.1, -0.05) is 54.6 Å². The summed E-state index contributed by atoms with van der Waals surface area (Å²) in [4.78, 5) is 14.9. The molecular formula is C26H28N2O3P+. The highest BCUT2D eigenvalue weighted by molar-refractivity contribution is 7.99. The van der Waals surface area contributed by atoms with E-state index in [9.17, 15) is 4.79 Å². The third-order valence-electron chi connectivity index (χ3n) is 5.48. The summed E-state index contributed by atoms with van der Waals surface area (Å²) in [6, 6.07) is 31.1. The largest absolute Gasteiger partial charge is 0.473 e. The van der Waals surface area contributed by atoms with Gasteiger partial charge < -0.3 is 14.4 Å². The predicted octanol–water partition coefficient (Wildman–Crippen LogP) is 3.82. The number of likely N-dealkylation sites (N-methyl/N-ethyl adjacent to an activating group) is 1. The summed E-state index contributed by atoms with van der Waals surface area (Å²) >= 11 is 0. The smallest absolute Gasteiger partial charge is 0.414 e. The van der Waals surface area contributed by atoms with Crippen molar-refractivity contribution in [2.75, 3.05) is 26.8 Å². The minimum Gasteiger partial charge on any atom is -0.473 e. The Bertz CT molecular complexity index is 975. The van der Waals surface area contributed by atoms with E-state index in [1.54, 1.807) is 6.92 Å². The Kier molecular flexibility index (Phi) is 6.77. The molecule has 4 rings (SSSR count). The van der Waals surface area contributed by atoms with Crippen LogP contribution in [0.3, 0.4) is 0 Å². The molecule has 1 heterocycles. The van der Waals surface area contributed by atoms with Gasteiger partial charge in [-0.2, -0.15) is 0 Å². The molecule has 1 saturated heterocycles. The van der Waals surface area contributed by atoms with Gasteiger partial charge >= 0.3 is 6.09 Å². The molecule has 0 atom stereocenters. The Hall–Kier alpha value is -3.30. The molecule has 32 heavy (non-hydrogen) atoms. The van der Waals surface area contributed by atoms with Gasteiger partial charge in [0.05, 0.1) is 13.2 Å². The van der Waals surface area contributed by atoms with Gasteiger partial charge in [0, 0.05) is 7.05 Å². The van der Waals surface area contributed by atoms with E-state index in [1.165, 1.54) is 0 Å². The monoisotopic (exact) mass is 447 g/mol. The van der Waals surface area contributed by atoms with Crippen LogP contribution in [0.15, 0.2) is 102 Å². The van der Waals surface area contributed by atoms with Crippen molar-refractivity contribution in [1.29, 1.82) is 0 Å². The molecule has 0 spiro atoms. The van der Waals surface area contributed by atoms with Crippen LogP contribution in [0.1, 0.15) is 6.92 Å². The quantitative estimate of drug-likeness (QED) is 0.584. The molecule has 1 N–H and O–H groups in total. The lowest BCUT2D eigenvalue weighted by Gasteiger charge is -2.30. The second-order valence-electron chi connectivity index (χ2n) is 7.45. The molecule has 0 radical (unpaired) electrons. The maximum absolute atomic E-state index is 12.8. The summed E-state index contributed by atoms with van der Waals surface area (Å²) < 4.78 is 11.5. The van der Waals surface area contributed by atoms with Crippen LogP contribution in [-0.4, -0.2) is 37.8 Å². The highest BCUT2D eigenvalue weighted by Gasteiger charge is 2.54. The van der Waals surface area contributed by atoms with E-state index in [0.717, 1.165) is 27.9 Å². The molecule has 0 bridgehead atoms. The Balaban J connectivity index is 2.10. The highest BCUT2D eigenvalue weighted by atomic mass is 31.2. The van der Waals surface area contributed by atoms with Crippen LogP contribution in [0, 0.1) is 0 Å². The molecule has 3 aromatic carbocycles. The first-order chi connectivity index (χ1) is 15.7. The predicted molar refractivity (Wildman–Crippen MR) is 131 cm³/mol. The Morgan fingerprint density at radius 3 is 1.75 bits per heavy atom. The van der Waals surface area contributed by atoms with Crippen molar-refractivity contribution in [3.8, 4) is 0 Å². The molecule has 1 amide bonds. The number of nitrogens with one attached hydrogen (secondary N) is 1. The summed E-state index contributed by atoms with van der Waals surface area (Å²) in [5.74, 6) is 0.683. The van der Waals surface area contributed by atoms with Crippen LogP contribution in [0.5, 0.6) is 0 Å². The molecule has 6 heteroatoms. The van der Waals surface area contributed by atoms with Gasteiger partial charge in [0.15, 0.2) is 7.26 Å². The third-order valence-corrected chi connectivity index (χ3v) is 9.67. The van der Waals surface area contributed by atoms with Crippen molar-refractivity contribution in [3.63, 3.8) is 0 Å². The lowest BCUT2D eigenvalue weighted by atomic mass is 10.4. The van der Waals surface area contributed by atoms with E-state index in [4.69, 9.17) is 9.47 Å². The highest BCUT2D eigenvalue weighted by Crippen LogP contribution is 2.62. The number of hydrogen-bond donors (Lipinski definition) is 1. The van der Waals surface area contributed by atoms with Gasteiger partial charge in [0.2, 0.25) is 5.44 Å². The Morgan fingerprint density at radius 2 is 1.38 bits per heavy atom. The summed E-state index contributed by atoms with van der Waals surface area (Å²) in [6.45, 7) is 3.41. The number of hydrogen-bond acceptors (Lipinski definition) is 4. The number of rotatable bonds is 6. The zero-order chi connectivity index (χ0) is 22.4. The first kappa shape index (κ1) is 21.9. The van der Waals surface area contributed by atoms with Crippen LogP contribution in [0.2, 0.25) is 0 Å². The molecule has 0 aromatic heterocycles. The van der Waals surface area contributed by atoms with Gasteiger partial charge in [0.25, 0.3) is 5.88 Å². The van der Waals surface area contributed by atoms with Crippen molar-refractivity contribution >= 4 is 29.3 Å². The Labute approximate surface area is 190 Å². The van der Waals surface area contributed by atoms with Crippen LogP contribution in [0.25, 0.3) is 0 Å². The van der Waals surface area contributed by atoms with E-state index in [1.807, 2.05) is 61.6 Å². The van der Waals surface area contributed by atoms with Crippen molar-refractivity contribution in [2.24, 2.45) is 0 Å². The van der Waals surface area contributed by atoms with Crippen LogP contribution < -0.4 is 21.2 Å². The molecule has 0 unspecified atom stereocenters. The molecular weight excluding hydrogens is 419 g/mol. The molecule has 5 nitrogen and oxygen atoms in total. The van der Waals surface area contributed by atoms with Gasteiger partial charge in [-0.3, -0.25) is 5.32 Å². The number of carbonyl (C=O) groups excluding carboxylic acids is 1. The van der Waals surface area contributed by atoms with E-state index >= 15 is 0 Å². The first-order valence-electron chi connectivity index (χ1n) is 10.8. The zero-order valence-corrected chi connectivity index (χ0v) is 19.3. The van der Waals surface area contributed by atoms with Crippen molar-refractivity contribution in [2.45, 2.75) is 6.92 Å². The van der Waals surface area contributed by atoms with E-state index in [2.05, 4.69) is 46.6 Å². The van der Waals surface area contributed by atoms with Crippen molar-refractivity contribution in [3.05, 3.63) is 102 Å². The topological polar surface area (TPSA) is 50.8 Å². The second kappa shape index (κ2) is 9.88. The average molecular weight is 447 g/mol. The molecule has 0 aliphatic carbocycles. The standard InChI is InChI=1S/C26H27N2O3P/c1-3-30-26(29)27-24(25-28(2)19-20-31-25)32(21-13-7-4-8-14-21,22-15-9-5-10-16-22)23-17-11-6-12-18-23/h4-18H,3,19-20H2,1-2H3/p+1/b25-24-. The maximum atomic E-state index is 12.8. The summed E-state index contributed by atoms with van der Waals surface area (Å²) in [5.41, 5.74) is 0.750. The van der Waals surface area contributed by atoms with Gasteiger partial charge in [-0.25, -0.2) is 4.79 Å². The van der Waals surface area contributed by atoms with Crippen molar-refractivity contribution in [1.82, 2.24) is 10.2 Å². The summed E-state index contributed by atoms with van der Waals surface area (Å²) in [6.07, 6.45) is -0.480. The van der Waals surface area contributed by atoms with Crippen LogP contribution in [0.4, 0.5) is 4.79 Å². The number of amides is 1. The minimum absolute atomic E-state index is 0.290. The van der Waals surface area contributed by atoms with Crippen molar-refractivity contribution < 1.29 is 14.3 Å². The number of carbonyl (C=O) groups is 1. The molecule has 3 aromatic rings. The fourth-order valence-electron chi connectivity index (χ4n) is 4.07. The SMILES string of the molecule is CCOC(=O)N/C(=C1/OCCN1C)[P+](c1ccccc1)(c1ccccc1)c1ccccc1. The summed E-state index contributed by atoms with van der Waals surface area (Å²) in [5, 5.41) is 6.50. The van der Waals surface area contributed by atoms with Gasteiger partial charge in [-0.05, 0) is 43.3 Å². The fraction of sp³-hybridized carbons (Fsp3) is 0.192. The number of ether oxygens (including phenoxy) is 2. The number of nitrogens with zero attached hydrogens (tertiary/aromatic N) is 1. The number of benzene rings is 3. The zero-order valence-electron chi connectivity index (χ0n) is 18.4. The van der Waals surface area contributed by atoms with Gasteiger partial charge in [0.1, 0.15) is 22.5 Å². The van der Waals surface area contributed by atoms with E-state index in [-0.39, 0.29) is 0 Å². The second-order valence-corrected chi connectivity index (χ2v) is 10.8. The fourth-order valence-corrected chi connectivity index (χ4v) is 8.38. The lowest BCUT2D eigenvalue weighted by molar-refractivity contribution is 0.154. The average Bonchev–Trinajstić information content (AvgIpc) is 3.26. The van der Waals surface area contributed by atoms with Crippen LogP contribution >= 0.6 is 7.26 Å². The molecule has 1 aliphatic heterocycles. The van der Waals surface area contributed by atoms with Gasteiger partial charge in [-0.15, -0.1) is 0 Å². The normalized spacial score (nSPS) is 15.1. The van der Waals surface area contributed by atoms with E-state index in [0.29, 0.717) is 19.1 Å². The number of alkyl carbamates (subject to hydrolysis) is 1. The minimum atomic E-state index is -2.53. The third kappa shape index (κ3) is 4.09. The Morgan fingerprint density at radius 1 is 0.906 bits per heavy atom.